The molecule has 3 N–H and O–H groups in total. The third-order valence-corrected chi connectivity index (χ3v) is 7.44. The fraction of sp³-hybridized carbons (Fsp3) is 0.139. The van der Waals surface area contributed by atoms with Gasteiger partial charge in [0.05, 0.1) is 17.7 Å². The molecule has 0 aliphatic heterocycles. The summed E-state index contributed by atoms with van der Waals surface area (Å²) in [5.74, 6) is -2.06. The number of carboxylic acid groups (broad SMARTS) is 1. The molecule has 7 nitrogen and oxygen atoms in total. The van der Waals surface area contributed by atoms with Gasteiger partial charge in [0.15, 0.2) is 0 Å². The Kier molecular flexibility index (Phi) is 9.37. The number of benzene rings is 4. The number of aryl methyl sites for hydroxylation is 2. The molecule has 5 rings (SSSR count). The molecular formula is C36H30F3N3O4. The number of aliphatic carboxylic acids is 1. The van der Waals surface area contributed by atoms with Crippen LogP contribution in [0.15, 0.2) is 109 Å². The lowest BCUT2D eigenvalue weighted by atomic mass is 9.98. The first-order valence-electron chi connectivity index (χ1n) is 14.4. The number of nitrogens with one attached hydrogen (secondary N) is 2. The van der Waals surface area contributed by atoms with E-state index in [9.17, 15) is 32.7 Å². The van der Waals surface area contributed by atoms with Crippen LogP contribution in [0.1, 0.15) is 44.0 Å². The molecule has 0 fully saturated rings. The van der Waals surface area contributed by atoms with Crippen LogP contribution in [0, 0.1) is 6.92 Å². The Morgan fingerprint density at radius 3 is 2.02 bits per heavy atom. The maximum Gasteiger partial charge on any atom is 0.416 e. The van der Waals surface area contributed by atoms with Gasteiger partial charge in [-0.05, 0) is 59.0 Å². The van der Waals surface area contributed by atoms with E-state index in [0.29, 0.717) is 11.1 Å². The van der Waals surface area contributed by atoms with Crippen molar-refractivity contribution >= 4 is 23.5 Å². The number of rotatable bonds is 10. The van der Waals surface area contributed by atoms with Gasteiger partial charge >= 0.3 is 12.1 Å². The molecule has 0 saturated carbocycles. The van der Waals surface area contributed by atoms with Gasteiger partial charge in [-0.25, -0.2) is 0 Å². The van der Waals surface area contributed by atoms with E-state index in [2.05, 4.69) is 10.6 Å². The predicted molar refractivity (Wildman–Crippen MR) is 169 cm³/mol. The Labute approximate surface area is 263 Å². The lowest BCUT2D eigenvalue weighted by Crippen LogP contribution is -2.25. The largest absolute Gasteiger partial charge is 0.481 e. The summed E-state index contributed by atoms with van der Waals surface area (Å²) in [6.07, 6.45) is -3.26. The number of amides is 2. The topological polar surface area (TPSA) is 100 Å². The number of carbonyl (C=O) groups excluding carboxylic acids is 2. The summed E-state index contributed by atoms with van der Waals surface area (Å²) < 4.78 is 40.6. The van der Waals surface area contributed by atoms with E-state index in [1.54, 1.807) is 24.3 Å². The summed E-state index contributed by atoms with van der Waals surface area (Å²) in [5, 5.41) is 14.8. The first-order valence-corrected chi connectivity index (χ1v) is 14.4. The van der Waals surface area contributed by atoms with Crippen LogP contribution in [-0.2, 0) is 24.1 Å². The molecule has 5 aromatic rings. The molecule has 2 amide bonds. The van der Waals surface area contributed by atoms with Gasteiger partial charge in [0, 0.05) is 24.8 Å². The molecule has 0 spiro atoms. The zero-order valence-corrected chi connectivity index (χ0v) is 24.8. The quantitative estimate of drug-likeness (QED) is 0.147. The highest BCUT2D eigenvalue weighted by atomic mass is 19.4. The zero-order valence-electron chi connectivity index (χ0n) is 24.8. The first-order chi connectivity index (χ1) is 22.0. The van der Waals surface area contributed by atoms with Gasteiger partial charge < -0.3 is 20.3 Å². The molecule has 0 aliphatic carbocycles. The Bertz CT molecular complexity index is 1860. The standard InChI is InChI=1S/C36H30F3N3O4/c1-23-6-10-25(11-7-23)26-12-8-24(9-13-26)21-40-35(46)32-20-29(22-42(32)19-18-33(43)44)41-34(45)31-5-3-2-4-30(31)27-14-16-28(17-15-27)36(37,38)39/h2-17,20,22H,18-19,21H2,1H3,(H,40,46)(H,41,45)(H,43,44). The van der Waals surface area contributed by atoms with Crippen molar-refractivity contribution < 1.29 is 32.7 Å². The molecule has 0 unspecified atom stereocenters. The molecule has 0 atom stereocenters. The van der Waals surface area contributed by atoms with Crippen molar-refractivity contribution in [2.45, 2.75) is 32.6 Å². The number of aromatic nitrogens is 1. The Hall–Kier alpha value is -5.64. The maximum atomic E-state index is 13.4. The van der Waals surface area contributed by atoms with Crippen molar-refractivity contribution in [2.75, 3.05) is 5.32 Å². The van der Waals surface area contributed by atoms with Crippen LogP contribution in [0.5, 0.6) is 0 Å². The molecule has 0 saturated heterocycles. The van der Waals surface area contributed by atoms with Crippen LogP contribution in [0.2, 0.25) is 0 Å². The van der Waals surface area contributed by atoms with Crippen molar-refractivity contribution in [3.8, 4) is 22.3 Å². The molecule has 234 valence electrons. The minimum absolute atomic E-state index is 0.0126. The number of carbonyl (C=O) groups is 3. The van der Waals surface area contributed by atoms with Crippen molar-refractivity contribution in [2.24, 2.45) is 0 Å². The smallest absolute Gasteiger partial charge is 0.416 e. The molecule has 1 heterocycles. The molecule has 46 heavy (non-hydrogen) atoms. The summed E-state index contributed by atoms with van der Waals surface area (Å²) in [5.41, 5.74) is 4.81. The lowest BCUT2D eigenvalue weighted by Gasteiger charge is -2.11. The summed E-state index contributed by atoms with van der Waals surface area (Å²) in [6, 6.07) is 28.4. The van der Waals surface area contributed by atoms with Gasteiger partial charge in [0.25, 0.3) is 11.8 Å². The van der Waals surface area contributed by atoms with Crippen LogP contribution >= 0.6 is 0 Å². The highest BCUT2D eigenvalue weighted by Crippen LogP contribution is 2.32. The molecular weight excluding hydrogens is 595 g/mol. The fourth-order valence-electron chi connectivity index (χ4n) is 4.97. The Morgan fingerprint density at radius 2 is 1.39 bits per heavy atom. The van der Waals surface area contributed by atoms with Crippen LogP contribution in [0.3, 0.4) is 0 Å². The molecule has 1 aromatic heterocycles. The third-order valence-electron chi connectivity index (χ3n) is 7.44. The van der Waals surface area contributed by atoms with E-state index >= 15 is 0 Å². The number of anilines is 1. The van der Waals surface area contributed by atoms with Gasteiger partial charge in [-0.3, -0.25) is 14.4 Å². The Balaban J connectivity index is 1.31. The first kappa shape index (κ1) is 31.8. The minimum Gasteiger partial charge on any atom is -0.481 e. The summed E-state index contributed by atoms with van der Waals surface area (Å²) >= 11 is 0. The van der Waals surface area contributed by atoms with E-state index in [-0.39, 0.29) is 36.5 Å². The third kappa shape index (κ3) is 7.71. The van der Waals surface area contributed by atoms with E-state index in [1.807, 2.05) is 55.5 Å². The van der Waals surface area contributed by atoms with Crippen LogP contribution in [-0.4, -0.2) is 27.5 Å². The van der Waals surface area contributed by atoms with Crippen molar-refractivity contribution in [1.29, 1.82) is 0 Å². The minimum atomic E-state index is -4.49. The van der Waals surface area contributed by atoms with Crippen molar-refractivity contribution in [3.63, 3.8) is 0 Å². The van der Waals surface area contributed by atoms with Gasteiger partial charge in [-0.15, -0.1) is 0 Å². The normalized spacial score (nSPS) is 11.2. The number of carboxylic acids is 1. The van der Waals surface area contributed by atoms with E-state index in [4.69, 9.17) is 0 Å². The zero-order chi connectivity index (χ0) is 32.8. The van der Waals surface area contributed by atoms with Crippen LogP contribution < -0.4 is 10.6 Å². The maximum absolute atomic E-state index is 13.4. The van der Waals surface area contributed by atoms with Gasteiger partial charge in [0.1, 0.15) is 5.69 Å². The number of hydrogen-bond donors (Lipinski definition) is 3. The SMILES string of the molecule is Cc1ccc(-c2ccc(CNC(=O)c3cc(NC(=O)c4ccccc4-c4ccc(C(F)(F)F)cc4)cn3CCC(=O)O)cc2)cc1. The second kappa shape index (κ2) is 13.6. The molecule has 0 aliphatic rings. The number of nitrogens with zero attached hydrogens (tertiary/aromatic N) is 1. The second-order valence-corrected chi connectivity index (χ2v) is 10.8. The van der Waals surface area contributed by atoms with E-state index in [1.165, 1.54) is 34.5 Å². The van der Waals surface area contributed by atoms with E-state index in [0.717, 1.165) is 28.8 Å². The van der Waals surface area contributed by atoms with Crippen LogP contribution in [0.4, 0.5) is 18.9 Å². The van der Waals surface area contributed by atoms with Gasteiger partial charge in [-0.2, -0.15) is 13.2 Å². The van der Waals surface area contributed by atoms with Gasteiger partial charge in [-0.1, -0.05) is 84.4 Å². The monoisotopic (exact) mass is 625 g/mol. The highest BCUT2D eigenvalue weighted by molar-refractivity contribution is 6.09. The predicted octanol–water partition coefficient (Wildman–Crippen LogP) is 7.81. The van der Waals surface area contributed by atoms with Crippen molar-refractivity contribution in [1.82, 2.24) is 9.88 Å². The van der Waals surface area contributed by atoms with Crippen molar-refractivity contribution in [3.05, 3.63) is 137 Å². The number of halogens is 3. The lowest BCUT2D eigenvalue weighted by molar-refractivity contribution is -0.138. The summed E-state index contributed by atoms with van der Waals surface area (Å²) in [6.45, 7) is 2.23. The highest BCUT2D eigenvalue weighted by Gasteiger charge is 2.30. The average molecular weight is 626 g/mol. The average Bonchev–Trinajstić information content (AvgIpc) is 3.45. The summed E-state index contributed by atoms with van der Waals surface area (Å²) in [7, 11) is 0. The van der Waals surface area contributed by atoms with Crippen LogP contribution in [0.25, 0.3) is 22.3 Å². The number of alkyl halides is 3. The fourth-order valence-corrected chi connectivity index (χ4v) is 4.97. The molecule has 10 heteroatoms. The second-order valence-electron chi connectivity index (χ2n) is 10.8. The number of hydrogen-bond acceptors (Lipinski definition) is 3. The molecule has 0 bridgehead atoms. The van der Waals surface area contributed by atoms with E-state index < -0.39 is 29.5 Å². The molecule has 0 radical (unpaired) electrons. The van der Waals surface area contributed by atoms with Gasteiger partial charge in [0.2, 0.25) is 0 Å². The molecule has 4 aromatic carbocycles. The summed E-state index contributed by atoms with van der Waals surface area (Å²) in [4.78, 5) is 37.9. The Morgan fingerprint density at radius 1 is 0.783 bits per heavy atom.